The van der Waals surface area contributed by atoms with Gasteiger partial charge in [0.25, 0.3) is 0 Å². The van der Waals surface area contributed by atoms with Crippen LogP contribution in [0.5, 0.6) is 0 Å². The minimum atomic E-state index is -0.479. The molecule has 2 heterocycles. The Labute approximate surface area is 120 Å². The van der Waals surface area contributed by atoms with Gasteiger partial charge in [0, 0.05) is 19.5 Å². The topological polar surface area (TPSA) is 75.7 Å². The second kappa shape index (κ2) is 6.04. The number of rotatable bonds is 4. The van der Waals surface area contributed by atoms with Crippen LogP contribution in [0.25, 0.3) is 0 Å². The lowest BCUT2D eigenvalue weighted by molar-refractivity contribution is -0.128. The number of thiophene rings is 1. The number of carbonyl (C=O) groups is 3. The highest BCUT2D eigenvalue weighted by Gasteiger charge is 2.33. The molecule has 1 aromatic rings. The zero-order valence-corrected chi connectivity index (χ0v) is 12.2. The van der Waals surface area contributed by atoms with Gasteiger partial charge >= 0.3 is 5.97 Å². The maximum Gasteiger partial charge on any atom is 0.350 e. The predicted octanol–water partition coefficient (Wildman–Crippen LogP) is 1.34. The fraction of sp³-hybridized carbons (Fsp3) is 0.462. The summed E-state index contributed by atoms with van der Waals surface area (Å²) in [5.74, 6) is -1.09. The first-order chi connectivity index (χ1) is 9.56. The molecule has 1 saturated heterocycles. The van der Waals surface area contributed by atoms with E-state index in [0.29, 0.717) is 23.7 Å². The molecule has 20 heavy (non-hydrogen) atoms. The third kappa shape index (κ3) is 2.82. The Balaban J connectivity index is 2.04. The van der Waals surface area contributed by atoms with Gasteiger partial charge in [-0.05, 0) is 18.4 Å². The van der Waals surface area contributed by atoms with Crippen LogP contribution in [0.1, 0.15) is 23.0 Å². The summed E-state index contributed by atoms with van der Waals surface area (Å²) in [6, 6.07) is 1.66. The van der Waals surface area contributed by atoms with Gasteiger partial charge in [-0.1, -0.05) is 0 Å². The number of amides is 2. The number of esters is 1. The van der Waals surface area contributed by atoms with Crippen molar-refractivity contribution in [1.82, 2.24) is 4.90 Å². The molecule has 1 aromatic heterocycles. The highest BCUT2D eigenvalue weighted by molar-refractivity contribution is 7.12. The van der Waals surface area contributed by atoms with Crippen molar-refractivity contribution in [2.45, 2.75) is 13.3 Å². The minimum absolute atomic E-state index is 0.00819. The average Bonchev–Trinajstić information content (AvgIpc) is 3.04. The number of anilines is 1. The lowest BCUT2D eigenvalue weighted by Crippen LogP contribution is -2.28. The van der Waals surface area contributed by atoms with Crippen LogP contribution < -0.4 is 5.32 Å². The maximum absolute atomic E-state index is 12.1. The number of methoxy groups -OCH3 is 1. The first-order valence-electron chi connectivity index (χ1n) is 6.31. The summed E-state index contributed by atoms with van der Waals surface area (Å²) >= 11 is 1.21. The van der Waals surface area contributed by atoms with Gasteiger partial charge in [-0.3, -0.25) is 9.59 Å². The summed E-state index contributed by atoms with van der Waals surface area (Å²) in [5, 5.41) is 4.41. The maximum atomic E-state index is 12.1. The Bertz CT molecular complexity index is 540. The predicted molar refractivity (Wildman–Crippen MR) is 74.6 cm³/mol. The van der Waals surface area contributed by atoms with Crippen LogP contribution in [0.15, 0.2) is 11.4 Å². The van der Waals surface area contributed by atoms with E-state index in [9.17, 15) is 14.4 Å². The highest BCUT2D eigenvalue weighted by Crippen LogP contribution is 2.25. The van der Waals surface area contributed by atoms with Crippen molar-refractivity contribution in [3.63, 3.8) is 0 Å². The van der Waals surface area contributed by atoms with E-state index < -0.39 is 5.97 Å². The third-order valence-corrected chi connectivity index (χ3v) is 4.16. The number of nitrogens with one attached hydrogen (secondary N) is 1. The number of hydrogen-bond acceptors (Lipinski definition) is 5. The number of carbonyl (C=O) groups excluding carboxylic acids is 3. The van der Waals surface area contributed by atoms with Crippen LogP contribution in [0.3, 0.4) is 0 Å². The van der Waals surface area contributed by atoms with E-state index in [0.717, 1.165) is 0 Å². The van der Waals surface area contributed by atoms with Crippen LogP contribution in [0.2, 0.25) is 0 Å². The summed E-state index contributed by atoms with van der Waals surface area (Å²) in [6.07, 6.45) is 0.220. The van der Waals surface area contributed by atoms with Gasteiger partial charge in [-0.15, -0.1) is 11.3 Å². The van der Waals surface area contributed by atoms with E-state index in [2.05, 4.69) is 10.1 Å². The zero-order valence-electron chi connectivity index (χ0n) is 11.3. The van der Waals surface area contributed by atoms with E-state index in [1.54, 1.807) is 16.3 Å². The molecule has 0 bridgehead atoms. The molecule has 0 aliphatic carbocycles. The SMILES string of the molecule is CCN1CC(C(=O)Nc2ccsc2C(=O)OC)CC1=O. The van der Waals surface area contributed by atoms with Gasteiger partial charge in [-0.25, -0.2) is 4.79 Å². The molecular weight excluding hydrogens is 280 g/mol. The van der Waals surface area contributed by atoms with E-state index in [-0.39, 0.29) is 24.2 Å². The molecule has 2 rings (SSSR count). The van der Waals surface area contributed by atoms with Crippen LogP contribution in [0, 0.1) is 5.92 Å². The van der Waals surface area contributed by atoms with E-state index >= 15 is 0 Å². The molecule has 1 aliphatic heterocycles. The fourth-order valence-electron chi connectivity index (χ4n) is 2.15. The average molecular weight is 296 g/mol. The summed E-state index contributed by atoms with van der Waals surface area (Å²) in [7, 11) is 1.29. The van der Waals surface area contributed by atoms with Crippen molar-refractivity contribution in [3.8, 4) is 0 Å². The number of likely N-dealkylation sites (tertiary alicyclic amines) is 1. The van der Waals surface area contributed by atoms with Crippen molar-refractivity contribution in [2.75, 3.05) is 25.5 Å². The molecule has 6 nitrogen and oxygen atoms in total. The minimum Gasteiger partial charge on any atom is -0.465 e. The molecule has 108 valence electrons. The second-order valence-corrected chi connectivity index (χ2v) is 5.39. The molecular formula is C13H16N2O4S. The zero-order chi connectivity index (χ0) is 14.7. The Morgan fingerprint density at radius 3 is 2.90 bits per heavy atom. The number of nitrogens with zero attached hydrogens (tertiary/aromatic N) is 1. The van der Waals surface area contributed by atoms with Crippen LogP contribution >= 0.6 is 11.3 Å². The second-order valence-electron chi connectivity index (χ2n) is 4.48. The summed E-state index contributed by atoms with van der Waals surface area (Å²) < 4.78 is 4.65. The Hall–Kier alpha value is -1.89. The standard InChI is InChI=1S/C13H16N2O4S/c1-3-15-7-8(6-10(15)16)12(17)14-9-4-5-20-11(9)13(18)19-2/h4-5,8H,3,6-7H2,1-2H3,(H,14,17). The largest absolute Gasteiger partial charge is 0.465 e. The normalized spacial score (nSPS) is 18.2. The fourth-order valence-corrected chi connectivity index (χ4v) is 2.91. The van der Waals surface area contributed by atoms with E-state index in [1.165, 1.54) is 18.4 Å². The van der Waals surface area contributed by atoms with Gasteiger partial charge < -0.3 is 15.0 Å². The molecule has 7 heteroatoms. The molecule has 0 spiro atoms. The summed E-state index contributed by atoms with van der Waals surface area (Å²) in [5.41, 5.74) is 0.439. The van der Waals surface area contributed by atoms with Crippen molar-refractivity contribution in [1.29, 1.82) is 0 Å². The Kier molecular flexibility index (Phi) is 4.39. The Morgan fingerprint density at radius 2 is 2.30 bits per heavy atom. The quantitative estimate of drug-likeness (QED) is 0.851. The smallest absolute Gasteiger partial charge is 0.350 e. The number of hydrogen-bond donors (Lipinski definition) is 1. The molecule has 0 saturated carbocycles. The summed E-state index contributed by atoms with van der Waals surface area (Å²) in [4.78, 5) is 37.3. The van der Waals surface area contributed by atoms with Crippen molar-refractivity contribution in [3.05, 3.63) is 16.3 Å². The van der Waals surface area contributed by atoms with Gasteiger partial charge in [0.1, 0.15) is 4.88 Å². The van der Waals surface area contributed by atoms with Gasteiger partial charge in [0.05, 0.1) is 18.7 Å². The Morgan fingerprint density at radius 1 is 1.55 bits per heavy atom. The molecule has 0 radical (unpaired) electrons. The third-order valence-electron chi connectivity index (χ3n) is 3.26. The van der Waals surface area contributed by atoms with Crippen LogP contribution in [-0.4, -0.2) is 42.9 Å². The van der Waals surface area contributed by atoms with Crippen molar-refractivity contribution >= 4 is 34.8 Å². The first kappa shape index (κ1) is 14.5. The molecule has 2 amide bonds. The molecule has 0 aromatic carbocycles. The van der Waals surface area contributed by atoms with Crippen LogP contribution in [-0.2, 0) is 14.3 Å². The molecule has 1 atom stereocenters. The van der Waals surface area contributed by atoms with E-state index in [1.807, 2.05) is 6.92 Å². The van der Waals surface area contributed by atoms with Crippen LogP contribution in [0.4, 0.5) is 5.69 Å². The number of ether oxygens (including phenoxy) is 1. The van der Waals surface area contributed by atoms with Crippen molar-refractivity contribution < 1.29 is 19.1 Å². The monoisotopic (exact) mass is 296 g/mol. The molecule has 1 fully saturated rings. The lowest BCUT2D eigenvalue weighted by Gasteiger charge is -2.13. The molecule has 1 unspecified atom stereocenters. The highest BCUT2D eigenvalue weighted by atomic mass is 32.1. The van der Waals surface area contributed by atoms with Gasteiger partial charge in [0.15, 0.2) is 0 Å². The summed E-state index contributed by atoms with van der Waals surface area (Å²) in [6.45, 7) is 2.92. The molecule has 1 N–H and O–H groups in total. The van der Waals surface area contributed by atoms with Crippen molar-refractivity contribution in [2.24, 2.45) is 5.92 Å². The lowest BCUT2D eigenvalue weighted by atomic mass is 10.1. The van der Waals surface area contributed by atoms with E-state index in [4.69, 9.17) is 0 Å². The van der Waals surface area contributed by atoms with Gasteiger partial charge in [-0.2, -0.15) is 0 Å². The molecule has 1 aliphatic rings. The first-order valence-corrected chi connectivity index (χ1v) is 7.19. The van der Waals surface area contributed by atoms with Gasteiger partial charge in [0.2, 0.25) is 11.8 Å².